The van der Waals surface area contributed by atoms with Gasteiger partial charge in [-0.2, -0.15) is 5.10 Å². The number of halogens is 1. The van der Waals surface area contributed by atoms with Crippen molar-refractivity contribution in [3.63, 3.8) is 0 Å². The lowest BCUT2D eigenvalue weighted by atomic mass is 9.97. The number of aromatic amines is 1. The fourth-order valence-electron chi connectivity index (χ4n) is 5.85. The Hall–Kier alpha value is -4.19. The van der Waals surface area contributed by atoms with E-state index in [2.05, 4.69) is 20.3 Å². The molecule has 7 rings (SSSR count). The van der Waals surface area contributed by atoms with Gasteiger partial charge in [0.1, 0.15) is 11.5 Å². The van der Waals surface area contributed by atoms with Crippen LogP contribution < -0.4 is 0 Å². The van der Waals surface area contributed by atoms with Gasteiger partial charge in [0.15, 0.2) is 11.3 Å². The van der Waals surface area contributed by atoms with E-state index in [0.717, 1.165) is 45.7 Å². The van der Waals surface area contributed by atoms with E-state index < -0.39 is 0 Å². The van der Waals surface area contributed by atoms with Gasteiger partial charge in [0, 0.05) is 72.1 Å². The van der Waals surface area contributed by atoms with Gasteiger partial charge in [-0.25, -0.2) is 13.9 Å². The SMILES string of the molecule is Cc1cc2nnc(C(=O)N3CCC(c4nc(C(=O)N5CCc6[nH]c7ccc(F)cc7c6C5)cs4)CC3)c(C)n2n1. The van der Waals surface area contributed by atoms with Crippen molar-refractivity contribution in [1.29, 1.82) is 0 Å². The number of H-pyrrole nitrogens is 1. The van der Waals surface area contributed by atoms with Crippen LogP contribution in [-0.2, 0) is 13.0 Å². The lowest BCUT2D eigenvalue weighted by Gasteiger charge is -2.31. The van der Waals surface area contributed by atoms with Crippen LogP contribution in [0.25, 0.3) is 16.6 Å². The number of aryl methyl sites for hydroxylation is 2. The van der Waals surface area contributed by atoms with Crippen molar-refractivity contribution in [3.05, 3.63) is 74.5 Å². The third kappa shape index (κ3) is 4.14. The third-order valence-electron chi connectivity index (χ3n) is 8.03. The summed E-state index contributed by atoms with van der Waals surface area (Å²) < 4.78 is 15.5. The number of hydrogen-bond donors (Lipinski definition) is 1. The lowest BCUT2D eigenvalue weighted by Crippen LogP contribution is -2.39. The highest BCUT2D eigenvalue weighted by molar-refractivity contribution is 7.09. The van der Waals surface area contributed by atoms with E-state index >= 15 is 0 Å². The van der Waals surface area contributed by atoms with Gasteiger partial charge < -0.3 is 14.8 Å². The van der Waals surface area contributed by atoms with Crippen LogP contribution in [0.15, 0.2) is 29.6 Å². The van der Waals surface area contributed by atoms with Crippen molar-refractivity contribution in [1.82, 2.24) is 39.6 Å². The number of nitrogens with zero attached hydrogens (tertiary/aromatic N) is 7. The monoisotopic (exact) mass is 558 g/mol. The minimum Gasteiger partial charge on any atom is -0.358 e. The maximum atomic E-state index is 13.9. The second kappa shape index (κ2) is 9.47. The maximum Gasteiger partial charge on any atom is 0.276 e. The molecule has 1 saturated heterocycles. The van der Waals surface area contributed by atoms with Crippen LogP contribution in [-0.4, -0.2) is 71.0 Å². The van der Waals surface area contributed by atoms with Crippen molar-refractivity contribution < 1.29 is 14.0 Å². The van der Waals surface area contributed by atoms with E-state index in [0.29, 0.717) is 55.3 Å². The number of fused-ring (bicyclic) bond motifs is 4. The molecule has 2 aliphatic rings. The number of thiazole rings is 1. The summed E-state index contributed by atoms with van der Waals surface area (Å²) in [5.74, 6) is -0.352. The molecule has 1 aromatic carbocycles. The number of nitrogens with one attached hydrogen (secondary N) is 1. The summed E-state index contributed by atoms with van der Waals surface area (Å²) in [5.41, 5.74) is 5.81. The van der Waals surface area contributed by atoms with Crippen LogP contribution in [0.4, 0.5) is 4.39 Å². The zero-order valence-corrected chi connectivity index (χ0v) is 23.0. The zero-order chi connectivity index (χ0) is 27.5. The van der Waals surface area contributed by atoms with Gasteiger partial charge in [0.25, 0.3) is 11.8 Å². The maximum absolute atomic E-state index is 13.9. The number of rotatable bonds is 3. The van der Waals surface area contributed by atoms with Gasteiger partial charge in [-0.05, 0) is 44.9 Å². The van der Waals surface area contributed by atoms with E-state index in [9.17, 15) is 14.0 Å². The van der Waals surface area contributed by atoms with Crippen LogP contribution in [0, 0.1) is 19.7 Å². The molecule has 0 aliphatic carbocycles. The molecule has 0 radical (unpaired) electrons. The molecular weight excluding hydrogens is 531 g/mol. The first-order chi connectivity index (χ1) is 19.4. The topological polar surface area (TPSA) is 112 Å². The van der Waals surface area contributed by atoms with Gasteiger partial charge >= 0.3 is 0 Å². The van der Waals surface area contributed by atoms with Crippen molar-refractivity contribution in [2.45, 2.75) is 45.6 Å². The molecule has 2 amide bonds. The predicted molar refractivity (Wildman–Crippen MR) is 147 cm³/mol. The Bertz CT molecular complexity index is 1800. The second-order valence-electron chi connectivity index (χ2n) is 10.6. The van der Waals surface area contributed by atoms with E-state index in [-0.39, 0.29) is 23.5 Å². The van der Waals surface area contributed by atoms with E-state index in [1.807, 2.05) is 30.2 Å². The molecule has 2 aliphatic heterocycles. The number of hydrogen-bond acceptors (Lipinski definition) is 7. The molecule has 0 bridgehead atoms. The van der Waals surface area contributed by atoms with Crippen molar-refractivity contribution in [2.24, 2.45) is 0 Å². The molecule has 0 atom stereocenters. The van der Waals surface area contributed by atoms with Gasteiger partial charge in [0.05, 0.1) is 16.4 Å². The Morgan fingerprint density at radius 3 is 2.70 bits per heavy atom. The number of aromatic nitrogens is 6. The minimum absolute atomic E-state index is 0.107. The molecule has 0 unspecified atom stereocenters. The summed E-state index contributed by atoms with van der Waals surface area (Å²) in [6.07, 6.45) is 2.21. The van der Waals surface area contributed by atoms with Gasteiger partial charge in [-0.3, -0.25) is 9.59 Å². The van der Waals surface area contributed by atoms with Gasteiger partial charge in [-0.15, -0.1) is 21.5 Å². The fourth-order valence-corrected chi connectivity index (χ4v) is 6.81. The lowest BCUT2D eigenvalue weighted by molar-refractivity contribution is 0.0703. The zero-order valence-electron chi connectivity index (χ0n) is 22.1. The molecule has 6 heterocycles. The number of likely N-dealkylation sites (tertiary alicyclic amines) is 1. The standard InChI is InChI=1S/C28H27FN8O2S/c1-15-11-24-32-33-25(16(2)37(24)34-15)28(39)35-8-5-17(6-9-35)26-31-23(14-40-26)27(38)36-10-7-22-20(13-36)19-12-18(29)3-4-21(19)30-22/h3-4,11-12,14,17,30H,5-10,13H2,1-2H3. The fraction of sp³-hybridized carbons (Fsp3) is 0.357. The molecular formula is C28H27FN8O2S. The number of amides is 2. The Morgan fingerprint density at radius 2 is 1.88 bits per heavy atom. The molecule has 1 fully saturated rings. The summed E-state index contributed by atoms with van der Waals surface area (Å²) in [6.45, 7) is 5.89. The summed E-state index contributed by atoms with van der Waals surface area (Å²) >= 11 is 1.50. The molecule has 204 valence electrons. The summed E-state index contributed by atoms with van der Waals surface area (Å²) in [5, 5.41) is 16.4. The van der Waals surface area contributed by atoms with E-state index in [4.69, 9.17) is 4.98 Å². The molecule has 0 saturated carbocycles. The molecule has 0 spiro atoms. The van der Waals surface area contributed by atoms with Crippen LogP contribution in [0.2, 0.25) is 0 Å². The molecule has 4 aromatic heterocycles. The first-order valence-corrected chi connectivity index (χ1v) is 14.3. The summed E-state index contributed by atoms with van der Waals surface area (Å²) in [6, 6.07) is 6.55. The van der Waals surface area contributed by atoms with Crippen LogP contribution in [0.1, 0.15) is 67.4 Å². The van der Waals surface area contributed by atoms with E-state index in [1.54, 1.807) is 15.5 Å². The Morgan fingerprint density at radius 1 is 1.05 bits per heavy atom. The molecule has 5 aromatic rings. The average Bonchev–Trinajstić information content (AvgIpc) is 3.69. The largest absolute Gasteiger partial charge is 0.358 e. The van der Waals surface area contributed by atoms with Crippen LogP contribution in [0.5, 0.6) is 0 Å². The minimum atomic E-state index is -0.285. The first-order valence-electron chi connectivity index (χ1n) is 13.4. The smallest absolute Gasteiger partial charge is 0.276 e. The molecule has 40 heavy (non-hydrogen) atoms. The first kappa shape index (κ1) is 24.8. The molecule has 12 heteroatoms. The average molecular weight is 559 g/mol. The van der Waals surface area contributed by atoms with E-state index in [1.165, 1.54) is 23.5 Å². The second-order valence-corrected chi connectivity index (χ2v) is 11.5. The normalized spacial score (nSPS) is 16.2. The molecule has 10 nitrogen and oxygen atoms in total. The number of benzene rings is 1. The summed E-state index contributed by atoms with van der Waals surface area (Å²) in [7, 11) is 0. The Labute approximate surface area is 232 Å². The van der Waals surface area contributed by atoms with Crippen molar-refractivity contribution in [3.8, 4) is 0 Å². The summed E-state index contributed by atoms with van der Waals surface area (Å²) in [4.78, 5) is 38.3. The van der Waals surface area contributed by atoms with Crippen LogP contribution in [0.3, 0.4) is 0 Å². The number of carbonyl (C=O) groups is 2. The predicted octanol–water partition coefficient (Wildman–Crippen LogP) is 4.04. The van der Waals surface area contributed by atoms with Crippen molar-refractivity contribution >= 4 is 39.7 Å². The highest BCUT2D eigenvalue weighted by Gasteiger charge is 2.31. The quantitative estimate of drug-likeness (QED) is 0.358. The van der Waals surface area contributed by atoms with Gasteiger partial charge in [0.2, 0.25) is 0 Å². The Kier molecular flexibility index (Phi) is 5.88. The van der Waals surface area contributed by atoms with Crippen molar-refractivity contribution in [2.75, 3.05) is 19.6 Å². The van der Waals surface area contributed by atoms with Crippen LogP contribution >= 0.6 is 11.3 Å². The molecule has 1 N–H and O–H groups in total. The highest BCUT2D eigenvalue weighted by atomic mass is 32.1. The highest BCUT2D eigenvalue weighted by Crippen LogP contribution is 2.33. The third-order valence-corrected chi connectivity index (χ3v) is 9.03. The number of carbonyl (C=O) groups excluding carboxylic acids is 2. The Balaban J connectivity index is 1.02. The van der Waals surface area contributed by atoms with Gasteiger partial charge in [-0.1, -0.05) is 0 Å². The number of piperidine rings is 1.